The van der Waals surface area contributed by atoms with E-state index in [1.165, 1.54) is 18.3 Å². The van der Waals surface area contributed by atoms with Crippen molar-refractivity contribution in [3.05, 3.63) is 92.4 Å². The Morgan fingerprint density at radius 1 is 0.844 bits per heavy atom. The standard InChI is InChI=1S/C22H15BrCl2N4O3/c23-14-8-10-15(11-9-14)27-20(30)16-5-1-2-7-18(16)28-21(31)22(32)29-26-12-13-4-3-6-17(24)19(13)25/h1-12H,(H,27,30)(H,28,31)(H,29,32)/b26-12+. The van der Waals surface area contributed by atoms with Gasteiger partial charge in [0.15, 0.2) is 0 Å². The van der Waals surface area contributed by atoms with Crippen LogP contribution in [-0.4, -0.2) is 23.9 Å². The molecular formula is C22H15BrCl2N4O3. The van der Waals surface area contributed by atoms with Gasteiger partial charge >= 0.3 is 11.8 Å². The molecule has 0 aliphatic rings. The Morgan fingerprint density at radius 2 is 1.56 bits per heavy atom. The van der Waals surface area contributed by atoms with Gasteiger partial charge in [0.1, 0.15) is 0 Å². The minimum atomic E-state index is -1.03. The summed E-state index contributed by atoms with van der Waals surface area (Å²) in [7, 11) is 0. The van der Waals surface area contributed by atoms with Crippen LogP contribution >= 0.6 is 39.1 Å². The number of benzene rings is 3. The highest BCUT2D eigenvalue weighted by molar-refractivity contribution is 9.10. The minimum Gasteiger partial charge on any atom is -0.322 e. The van der Waals surface area contributed by atoms with Gasteiger partial charge in [0.25, 0.3) is 5.91 Å². The lowest BCUT2D eigenvalue weighted by Crippen LogP contribution is -2.33. The molecule has 0 heterocycles. The number of nitrogens with one attached hydrogen (secondary N) is 3. The number of carbonyl (C=O) groups is 3. The molecule has 3 aromatic carbocycles. The average molecular weight is 534 g/mol. The summed E-state index contributed by atoms with van der Waals surface area (Å²) >= 11 is 15.3. The molecule has 0 radical (unpaired) electrons. The highest BCUT2D eigenvalue weighted by atomic mass is 79.9. The number of hydrazone groups is 1. The molecule has 162 valence electrons. The van der Waals surface area contributed by atoms with Crippen molar-refractivity contribution in [3.8, 4) is 0 Å². The summed E-state index contributed by atoms with van der Waals surface area (Å²) in [4.78, 5) is 37.0. The van der Waals surface area contributed by atoms with E-state index in [-0.39, 0.29) is 16.3 Å². The number of nitrogens with zero attached hydrogens (tertiary/aromatic N) is 1. The maximum atomic E-state index is 12.6. The van der Waals surface area contributed by atoms with Crippen molar-refractivity contribution in [2.24, 2.45) is 5.10 Å². The summed E-state index contributed by atoms with van der Waals surface area (Å²) < 4.78 is 0.870. The van der Waals surface area contributed by atoms with Crippen LogP contribution in [0.25, 0.3) is 0 Å². The molecule has 32 heavy (non-hydrogen) atoms. The van der Waals surface area contributed by atoms with Crippen LogP contribution in [0, 0.1) is 0 Å². The fraction of sp³-hybridized carbons (Fsp3) is 0. The SMILES string of the molecule is O=C(N/N=C/c1cccc(Cl)c1Cl)C(=O)Nc1ccccc1C(=O)Nc1ccc(Br)cc1. The molecule has 0 aromatic heterocycles. The highest BCUT2D eigenvalue weighted by Crippen LogP contribution is 2.24. The van der Waals surface area contributed by atoms with Crippen LogP contribution in [0.1, 0.15) is 15.9 Å². The molecule has 0 atom stereocenters. The first-order valence-electron chi connectivity index (χ1n) is 9.09. The first-order chi connectivity index (χ1) is 15.3. The Bertz CT molecular complexity index is 1200. The molecule has 10 heteroatoms. The monoisotopic (exact) mass is 532 g/mol. The molecule has 0 aliphatic heterocycles. The molecule has 3 aromatic rings. The van der Waals surface area contributed by atoms with Crippen molar-refractivity contribution < 1.29 is 14.4 Å². The first-order valence-corrected chi connectivity index (χ1v) is 10.6. The second kappa shape index (κ2) is 10.9. The lowest BCUT2D eigenvalue weighted by Gasteiger charge is -2.11. The highest BCUT2D eigenvalue weighted by Gasteiger charge is 2.18. The van der Waals surface area contributed by atoms with Gasteiger partial charge < -0.3 is 10.6 Å². The largest absolute Gasteiger partial charge is 0.329 e. The zero-order valence-electron chi connectivity index (χ0n) is 16.2. The number of halogens is 3. The zero-order valence-corrected chi connectivity index (χ0v) is 19.3. The van der Waals surface area contributed by atoms with E-state index >= 15 is 0 Å². The number of carbonyl (C=O) groups excluding carboxylic acids is 3. The number of hydrogen-bond donors (Lipinski definition) is 3. The molecule has 0 unspecified atom stereocenters. The molecule has 0 bridgehead atoms. The van der Waals surface area contributed by atoms with Crippen LogP contribution in [0.4, 0.5) is 11.4 Å². The zero-order chi connectivity index (χ0) is 23.1. The van der Waals surface area contributed by atoms with Gasteiger partial charge in [-0.25, -0.2) is 5.43 Å². The summed E-state index contributed by atoms with van der Waals surface area (Å²) in [6.45, 7) is 0. The third kappa shape index (κ3) is 6.16. The van der Waals surface area contributed by atoms with Crippen molar-refractivity contribution in [2.75, 3.05) is 10.6 Å². The van der Waals surface area contributed by atoms with Gasteiger partial charge in [0.05, 0.1) is 27.5 Å². The summed E-state index contributed by atoms with van der Waals surface area (Å²) in [6, 6.07) is 18.2. The Balaban J connectivity index is 1.65. The Morgan fingerprint density at radius 3 is 2.31 bits per heavy atom. The summed E-state index contributed by atoms with van der Waals surface area (Å²) in [5.41, 5.74) is 3.50. The summed E-state index contributed by atoms with van der Waals surface area (Å²) in [5.74, 6) is -2.47. The number of rotatable bonds is 5. The van der Waals surface area contributed by atoms with Crippen LogP contribution in [0.5, 0.6) is 0 Å². The van der Waals surface area contributed by atoms with Crippen molar-refractivity contribution in [1.82, 2.24) is 5.43 Å². The maximum absolute atomic E-state index is 12.6. The summed E-state index contributed by atoms with van der Waals surface area (Å²) in [6.07, 6.45) is 1.26. The predicted octanol–water partition coefficient (Wildman–Crippen LogP) is 5.10. The molecule has 0 aliphatic carbocycles. The van der Waals surface area contributed by atoms with Crippen molar-refractivity contribution in [2.45, 2.75) is 0 Å². The summed E-state index contributed by atoms with van der Waals surface area (Å²) in [5, 5.41) is 9.46. The Hall–Kier alpha value is -3.20. The van der Waals surface area contributed by atoms with Crippen LogP contribution in [-0.2, 0) is 9.59 Å². The molecule has 3 N–H and O–H groups in total. The number of para-hydroxylation sites is 1. The van der Waals surface area contributed by atoms with Gasteiger partial charge in [0.2, 0.25) is 0 Å². The van der Waals surface area contributed by atoms with Gasteiger partial charge in [0, 0.05) is 15.7 Å². The van der Waals surface area contributed by atoms with Crippen LogP contribution < -0.4 is 16.1 Å². The van der Waals surface area contributed by atoms with E-state index in [1.807, 2.05) is 0 Å². The third-order valence-electron chi connectivity index (χ3n) is 4.08. The molecule has 3 rings (SSSR count). The number of anilines is 2. The van der Waals surface area contributed by atoms with E-state index < -0.39 is 17.7 Å². The number of hydrogen-bond acceptors (Lipinski definition) is 4. The van der Waals surface area contributed by atoms with E-state index in [0.717, 1.165) is 4.47 Å². The van der Waals surface area contributed by atoms with Crippen molar-refractivity contribution in [1.29, 1.82) is 0 Å². The van der Waals surface area contributed by atoms with E-state index in [2.05, 4.69) is 37.1 Å². The number of amides is 3. The molecular weight excluding hydrogens is 519 g/mol. The first kappa shape index (κ1) is 23.5. The van der Waals surface area contributed by atoms with Gasteiger partial charge in [-0.15, -0.1) is 0 Å². The van der Waals surface area contributed by atoms with Crippen molar-refractivity contribution in [3.63, 3.8) is 0 Å². The second-order valence-corrected chi connectivity index (χ2v) is 8.00. The van der Waals surface area contributed by atoms with E-state index in [0.29, 0.717) is 16.3 Å². The third-order valence-corrected chi connectivity index (χ3v) is 5.44. The van der Waals surface area contributed by atoms with Crippen molar-refractivity contribution >= 4 is 74.4 Å². The molecule has 0 fully saturated rings. The quantitative estimate of drug-likeness (QED) is 0.242. The lowest BCUT2D eigenvalue weighted by atomic mass is 10.1. The Labute approximate surface area is 201 Å². The van der Waals surface area contributed by atoms with Gasteiger partial charge in [-0.2, -0.15) is 5.10 Å². The fourth-order valence-electron chi connectivity index (χ4n) is 2.53. The van der Waals surface area contributed by atoms with Crippen LogP contribution in [0.15, 0.2) is 76.3 Å². The normalized spacial score (nSPS) is 10.6. The topological polar surface area (TPSA) is 99.7 Å². The molecule has 7 nitrogen and oxygen atoms in total. The smallest absolute Gasteiger partial charge is 0.322 e. The second-order valence-electron chi connectivity index (χ2n) is 6.30. The van der Waals surface area contributed by atoms with Crippen LogP contribution in [0.2, 0.25) is 10.0 Å². The fourth-order valence-corrected chi connectivity index (χ4v) is 3.15. The van der Waals surface area contributed by atoms with Gasteiger partial charge in [-0.1, -0.05) is 63.4 Å². The average Bonchev–Trinajstić information content (AvgIpc) is 2.78. The van der Waals surface area contributed by atoms with Gasteiger partial charge in [-0.05, 0) is 42.5 Å². The predicted molar refractivity (Wildman–Crippen MR) is 129 cm³/mol. The Kier molecular flexibility index (Phi) is 7.99. The van der Waals surface area contributed by atoms with E-state index in [1.54, 1.807) is 54.6 Å². The maximum Gasteiger partial charge on any atom is 0.329 e. The van der Waals surface area contributed by atoms with E-state index in [4.69, 9.17) is 23.2 Å². The lowest BCUT2D eigenvalue weighted by molar-refractivity contribution is -0.136. The molecule has 3 amide bonds. The van der Waals surface area contributed by atoms with Gasteiger partial charge in [-0.3, -0.25) is 14.4 Å². The molecule has 0 saturated carbocycles. The van der Waals surface area contributed by atoms with Crippen LogP contribution in [0.3, 0.4) is 0 Å². The van der Waals surface area contributed by atoms with E-state index in [9.17, 15) is 14.4 Å². The molecule has 0 spiro atoms. The molecule has 0 saturated heterocycles. The minimum absolute atomic E-state index is 0.170.